The van der Waals surface area contributed by atoms with Crippen molar-refractivity contribution in [3.05, 3.63) is 0 Å². The summed E-state index contributed by atoms with van der Waals surface area (Å²) >= 11 is 0. The van der Waals surface area contributed by atoms with Crippen molar-refractivity contribution in [1.29, 1.82) is 0 Å². The number of hydrogen-bond acceptors (Lipinski definition) is 7. The molecule has 0 saturated carbocycles. The van der Waals surface area contributed by atoms with Crippen LogP contribution in [0.1, 0.15) is 0 Å². The number of hydrogen-bond donors (Lipinski definition) is 6. The van der Waals surface area contributed by atoms with Gasteiger partial charge in [0.1, 0.15) is 5.75 Å². The van der Waals surface area contributed by atoms with Crippen LogP contribution < -0.4 is 5.32 Å². The fourth-order valence-electron chi connectivity index (χ4n) is 1.12. The van der Waals surface area contributed by atoms with Crippen molar-refractivity contribution in [2.24, 2.45) is 5.41 Å². The van der Waals surface area contributed by atoms with E-state index in [1.165, 1.54) is 0 Å². The van der Waals surface area contributed by atoms with E-state index in [1.54, 1.807) is 0 Å². The van der Waals surface area contributed by atoms with Crippen molar-refractivity contribution < 1.29 is 33.4 Å². The van der Waals surface area contributed by atoms with E-state index < -0.39 is 47.2 Å². The third-order valence-electron chi connectivity index (χ3n) is 2.29. The number of nitrogens with one attached hydrogen (secondary N) is 1. The lowest BCUT2D eigenvalue weighted by atomic mass is 9.91. The van der Waals surface area contributed by atoms with Gasteiger partial charge in [-0.05, 0) is 0 Å². The lowest BCUT2D eigenvalue weighted by Gasteiger charge is -2.28. The van der Waals surface area contributed by atoms with E-state index in [0.29, 0.717) is 0 Å². The predicted molar refractivity (Wildman–Crippen MR) is 59.0 cm³/mol. The quantitative estimate of drug-likeness (QED) is 0.240. The maximum absolute atomic E-state index is 10.4. The smallest absolute Gasteiger partial charge is 0.267 e. The molecule has 8 nitrogen and oxygen atoms in total. The first-order valence-corrected chi connectivity index (χ1v) is 6.56. The molecule has 0 aromatic heterocycles. The molecule has 1 unspecified atom stereocenters. The Morgan fingerprint density at radius 1 is 1.12 bits per heavy atom. The SMILES string of the molecule is O=S(=O)(O)CC(O)CNCC(CO)(CO)CO. The zero-order chi connectivity index (χ0) is 13.5. The Labute approximate surface area is 99.6 Å². The van der Waals surface area contributed by atoms with Crippen LogP contribution in [0.4, 0.5) is 0 Å². The van der Waals surface area contributed by atoms with Crippen LogP contribution in [0.25, 0.3) is 0 Å². The minimum absolute atomic E-state index is 0.000956. The molecule has 0 bridgehead atoms. The molecule has 0 amide bonds. The molecule has 6 N–H and O–H groups in total. The molecule has 0 aromatic rings. The van der Waals surface area contributed by atoms with Gasteiger partial charge in [0.2, 0.25) is 0 Å². The summed E-state index contributed by atoms with van der Waals surface area (Å²) in [5, 5.41) is 38.7. The average molecular weight is 273 g/mol. The maximum Gasteiger partial charge on any atom is 0.267 e. The normalized spacial score (nSPS) is 14.9. The molecule has 17 heavy (non-hydrogen) atoms. The van der Waals surface area contributed by atoms with Gasteiger partial charge in [-0.2, -0.15) is 8.42 Å². The lowest BCUT2D eigenvalue weighted by molar-refractivity contribution is 0.00480. The van der Waals surface area contributed by atoms with Crippen molar-refractivity contribution in [1.82, 2.24) is 5.32 Å². The molecule has 0 spiro atoms. The van der Waals surface area contributed by atoms with Crippen LogP contribution >= 0.6 is 0 Å². The predicted octanol–water partition coefficient (Wildman–Crippen LogP) is -3.21. The van der Waals surface area contributed by atoms with E-state index in [9.17, 15) is 13.5 Å². The van der Waals surface area contributed by atoms with E-state index in [1.807, 2.05) is 0 Å². The summed E-state index contributed by atoms with van der Waals surface area (Å²) in [7, 11) is -4.24. The maximum atomic E-state index is 10.4. The summed E-state index contributed by atoms with van der Waals surface area (Å²) < 4.78 is 29.3. The molecule has 1 atom stereocenters. The molecule has 0 fully saturated rings. The Balaban J connectivity index is 4.05. The van der Waals surface area contributed by atoms with Gasteiger partial charge in [-0.25, -0.2) is 0 Å². The first-order valence-electron chi connectivity index (χ1n) is 4.95. The highest BCUT2D eigenvalue weighted by atomic mass is 32.2. The van der Waals surface area contributed by atoms with Gasteiger partial charge in [0.05, 0.1) is 31.3 Å². The van der Waals surface area contributed by atoms with Gasteiger partial charge < -0.3 is 25.7 Å². The van der Waals surface area contributed by atoms with Gasteiger partial charge in [-0.15, -0.1) is 0 Å². The van der Waals surface area contributed by atoms with Crippen LogP contribution in [0.3, 0.4) is 0 Å². The molecule has 0 heterocycles. The number of aliphatic hydroxyl groups excluding tert-OH is 4. The molecule has 0 rings (SSSR count). The first kappa shape index (κ1) is 16.7. The Hall–Kier alpha value is -0.290. The van der Waals surface area contributed by atoms with Crippen molar-refractivity contribution in [2.45, 2.75) is 6.10 Å². The summed E-state index contributed by atoms with van der Waals surface area (Å²) in [5.74, 6) is -0.801. The number of aliphatic hydroxyl groups is 4. The molecule has 0 aliphatic carbocycles. The van der Waals surface area contributed by atoms with Crippen LogP contribution in [-0.2, 0) is 10.1 Å². The van der Waals surface area contributed by atoms with E-state index in [4.69, 9.17) is 19.9 Å². The zero-order valence-electron chi connectivity index (χ0n) is 9.28. The van der Waals surface area contributed by atoms with Crippen molar-refractivity contribution in [3.8, 4) is 0 Å². The molecule has 0 radical (unpaired) electrons. The van der Waals surface area contributed by atoms with E-state index in [0.717, 1.165) is 0 Å². The van der Waals surface area contributed by atoms with Gasteiger partial charge in [-0.3, -0.25) is 4.55 Å². The van der Waals surface area contributed by atoms with Gasteiger partial charge in [-0.1, -0.05) is 0 Å². The minimum Gasteiger partial charge on any atom is -0.396 e. The second kappa shape index (κ2) is 7.21. The fourth-order valence-corrected chi connectivity index (χ4v) is 1.73. The Kier molecular flexibility index (Phi) is 7.09. The first-order chi connectivity index (χ1) is 7.78. The molecule has 104 valence electrons. The number of rotatable bonds is 9. The second-order valence-corrected chi connectivity index (χ2v) is 5.50. The van der Waals surface area contributed by atoms with Crippen LogP contribution in [0, 0.1) is 5.41 Å². The Morgan fingerprint density at radius 2 is 1.59 bits per heavy atom. The van der Waals surface area contributed by atoms with Crippen molar-refractivity contribution in [2.75, 3.05) is 38.7 Å². The third kappa shape index (κ3) is 6.88. The van der Waals surface area contributed by atoms with Crippen LogP contribution in [0.2, 0.25) is 0 Å². The molecule has 0 aliphatic heterocycles. The Morgan fingerprint density at radius 3 is 1.94 bits per heavy atom. The van der Waals surface area contributed by atoms with Gasteiger partial charge in [0, 0.05) is 13.1 Å². The van der Waals surface area contributed by atoms with Gasteiger partial charge in [0.15, 0.2) is 0 Å². The highest BCUT2D eigenvalue weighted by Crippen LogP contribution is 2.12. The molecule has 0 saturated heterocycles. The summed E-state index contributed by atoms with van der Waals surface area (Å²) in [4.78, 5) is 0. The molecule has 0 aliphatic rings. The largest absolute Gasteiger partial charge is 0.396 e. The fraction of sp³-hybridized carbons (Fsp3) is 1.00. The van der Waals surface area contributed by atoms with Gasteiger partial charge in [0.25, 0.3) is 10.1 Å². The topological polar surface area (TPSA) is 147 Å². The third-order valence-corrected chi connectivity index (χ3v) is 3.10. The van der Waals surface area contributed by atoms with E-state index in [-0.39, 0.29) is 13.1 Å². The monoisotopic (exact) mass is 273 g/mol. The molecule has 0 aromatic carbocycles. The standard InChI is InChI=1S/C8H19NO7S/c10-4-8(5-11,6-12)3-9-1-7(13)2-17(14,15)16/h7,9-13H,1-6H2,(H,14,15,16). The highest BCUT2D eigenvalue weighted by molar-refractivity contribution is 7.85. The van der Waals surface area contributed by atoms with Crippen LogP contribution in [-0.4, -0.2) is 78.2 Å². The zero-order valence-corrected chi connectivity index (χ0v) is 10.1. The highest BCUT2D eigenvalue weighted by Gasteiger charge is 2.28. The summed E-state index contributed by atoms with van der Waals surface area (Å²) in [5.41, 5.74) is -1.13. The Bertz CT molecular complexity index is 293. The van der Waals surface area contributed by atoms with Gasteiger partial charge >= 0.3 is 0 Å². The lowest BCUT2D eigenvalue weighted by Crippen LogP contribution is -2.45. The summed E-state index contributed by atoms with van der Waals surface area (Å²) in [6.07, 6.45) is -1.31. The molecule has 9 heteroatoms. The van der Waals surface area contributed by atoms with E-state index in [2.05, 4.69) is 5.32 Å². The molecular formula is C8H19NO7S. The summed E-state index contributed by atoms with van der Waals surface area (Å²) in [6.45, 7) is -1.52. The van der Waals surface area contributed by atoms with Crippen molar-refractivity contribution in [3.63, 3.8) is 0 Å². The van der Waals surface area contributed by atoms with Crippen molar-refractivity contribution >= 4 is 10.1 Å². The molecular weight excluding hydrogens is 254 g/mol. The second-order valence-electron chi connectivity index (χ2n) is 4.01. The summed E-state index contributed by atoms with van der Waals surface area (Å²) in [6, 6.07) is 0. The van der Waals surface area contributed by atoms with E-state index >= 15 is 0 Å². The minimum atomic E-state index is -4.24. The van der Waals surface area contributed by atoms with Crippen LogP contribution in [0.15, 0.2) is 0 Å². The average Bonchev–Trinajstić information content (AvgIpc) is 2.22. The van der Waals surface area contributed by atoms with Crippen LogP contribution in [0.5, 0.6) is 0 Å².